The maximum Gasteiger partial charge on any atom is 0.230 e. The van der Waals surface area contributed by atoms with Gasteiger partial charge in [-0.15, -0.1) is 0 Å². The number of nitrogens with two attached hydrogens (primary N) is 1. The zero-order valence-corrected chi connectivity index (χ0v) is 9.36. The van der Waals surface area contributed by atoms with Gasteiger partial charge >= 0.3 is 0 Å². The molecule has 0 fully saturated rings. The summed E-state index contributed by atoms with van der Waals surface area (Å²) >= 11 is 5.83. The molecule has 0 aromatic carbocycles. The van der Waals surface area contributed by atoms with Crippen molar-refractivity contribution in [3.63, 3.8) is 0 Å². The zero-order valence-electron chi connectivity index (χ0n) is 8.61. The first-order valence-corrected chi connectivity index (χ1v) is 5.01. The van der Waals surface area contributed by atoms with Crippen LogP contribution >= 0.6 is 11.6 Å². The van der Waals surface area contributed by atoms with Crippen molar-refractivity contribution in [1.82, 2.24) is 15.0 Å². The Kier molecular flexibility index (Phi) is 2.87. The standard InChI is InChI=1S/C10H10ClN5/c1-6-4-8(12)15-10(14-6)16-9-5-7(11)2-3-13-9/h2-5H,1H3,(H3,12,13,14,15,16). The number of nitrogen functional groups attached to an aromatic ring is 1. The van der Waals surface area contributed by atoms with Crippen molar-refractivity contribution < 1.29 is 0 Å². The monoisotopic (exact) mass is 235 g/mol. The van der Waals surface area contributed by atoms with Crippen molar-refractivity contribution in [2.24, 2.45) is 0 Å². The molecule has 16 heavy (non-hydrogen) atoms. The molecule has 82 valence electrons. The molecule has 0 amide bonds. The molecule has 2 rings (SSSR count). The summed E-state index contributed by atoms with van der Waals surface area (Å²) in [4.78, 5) is 12.3. The second kappa shape index (κ2) is 4.32. The number of nitrogens with one attached hydrogen (secondary N) is 1. The van der Waals surface area contributed by atoms with E-state index in [1.165, 1.54) is 0 Å². The Morgan fingerprint density at radius 1 is 1.31 bits per heavy atom. The van der Waals surface area contributed by atoms with Crippen LogP contribution in [-0.4, -0.2) is 15.0 Å². The lowest BCUT2D eigenvalue weighted by Gasteiger charge is -2.05. The lowest BCUT2D eigenvalue weighted by molar-refractivity contribution is 1.10. The molecule has 0 atom stereocenters. The maximum absolute atomic E-state index is 5.83. The summed E-state index contributed by atoms with van der Waals surface area (Å²) in [5, 5.41) is 3.52. The number of halogens is 1. The lowest BCUT2D eigenvalue weighted by Crippen LogP contribution is -2.02. The van der Waals surface area contributed by atoms with E-state index in [0.717, 1.165) is 5.69 Å². The molecule has 0 spiro atoms. The first-order valence-electron chi connectivity index (χ1n) is 4.63. The van der Waals surface area contributed by atoms with E-state index >= 15 is 0 Å². The largest absolute Gasteiger partial charge is 0.384 e. The van der Waals surface area contributed by atoms with Gasteiger partial charge in [0.25, 0.3) is 0 Å². The lowest BCUT2D eigenvalue weighted by atomic mass is 10.4. The van der Waals surface area contributed by atoms with Crippen LogP contribution in [0.2, 0.25) is 5.02 Å². The van der Waals surface area contributed by atoms with Gasteiger partial charge in [-0.3, -0.25) is 0 Å². The van der Waals surface area contributed by atoms with Gasteiger partial charge < -0.3 is 11.1 Å². The third kappa shape index (κ3) is 2.58. The smallest absolute Gasteiger partial charge is 0.230 e. The first kappa shape index (κ1) is 10.6. The molecule has 5 nitrogen and oxygen atoms in total. The molecule has 0 bridgehead atoms. The van der Waals surface area contributed by atoms with Crippen LogP contribution in [-0.2, 0) is 0 Å². The molecule has 2 aromatic heterocycles. The van der Waals surface area contributed by atoms with E-state index in [-0.39, 0.29) is 0 Å². The van der Waals surface area contributed by atoms with Crippen molar-refractivity contribution in [2.45, 2.75) is 6.92 Å². The molecule has 2 heterocycles. The van der Waals surface area contributed by atoms with Crippen LogP contribution in [0.4, 0.5) is 17.6 Å². The molecule has 0 saturated carbocycles. The predicted molar refractivity (Wildman–Crippen MR) is 63.7 cm³/mol. The zero-order chi connectivity index (χ0) is 11.5. The van der Waals surface area contributed by atoms with Gasteiger partial charge in [-0.1, -0.05) is 11.6 Å². The minimum atomic E-state index is 0.410. The number of hydrogen-bond acceptors (Lipinski definition) is 5. The summed E-state index contributed by atoms with van der Waals surface area (Å²) in [6.07, 6.45) is 1.60. The van der Waals surface area contributed by atoms with Crippen molar-refractivity contribution in [3.05, 3.63) is 35.1 Å². The van der Waals surface area contributed by atoms with Gasteiger partial charge in [-0.2, -0.15) is 4.98 Å². The second-order valence-electron chi connectivity index (χ2n) is 3.24. The van der Waals surface area contributed by atoms with Gasteiger partial charge in [0, 0.05) is 23.0 Å². The topological polar surface area (TPSA) is 76.7 Å². The molecular weight excluding hydrogens is 226 g/mol. The number of hydrogen-bond donors (Lipinski definition) is 2. The summed E-state index contributed by atoms with van der Waals surface area (Å²) in [5.74, 6) is 1.40. The average molecular weight is 236 g/mol. The number of pyridine rings is 1. The Bertz CT molecular complexity index is 494. The molecule has 0 aliphatic heterocycles. The van der Waals surface area contributed by atoms with Gasteiger partial charge in [0.05, 0.1) is 0 Å². The van der Waals surface area contributed by atoms with Crippen LogP contribution in [0.15, 0.2) is 24.4 Å². The van der Waals surface area contributed by atoms with Crippen LogP contribution in [0.3, 0.4) is 0 Å². The number of aromatic nitrogens is 3. The van der Waals surface area contributed by atoms with E-state index in [2.05, 4.69) is 20.3 Å². The molecule has 0 aliphatic carbocycles. The van der Waals surface area contributed by atoms with Gasteiger partial charge in [-0.25, -0.2) is 9.97 Å². The molecule has 0 saturated heterocycles. The van der Waals surface area contributed by atoms with Crippen molar-refractivity contribution in [1.29, 1.82) is 0 Å². The fourth-order valence-corrected chi connectivity index (χ4v) is 1.40. The Balaban J connectivity index is 2.27. The molecule has 2 aromatic rings. The highest BCUT2D eigenvalue weighted by molar-refractivity contribution is 6.30. The summed E-state index contributed by atoms with van der Waals surface area (Å²) in [5.41, 5.74) is 6.39. The van der Waals surface area contributed by atoms with E-state index in [1.807, 2.05) is 6.92 Å². The predicted octanol–water partition coefficient (Wildman–Crippen LogP) is 2.16. The highest BCUT2D eigenvalue weighted by Gasteiger charge is 2.01. The number of rotatable bonds is 2. The van der Waals surface area contributed by atoms with Crippen LogP contribution in [0.5, 0.6) is 0 Å². The highest BCUT2D eigenvalue weighted by Crippen LogP contribution is 2.15. The Morgan fingerprint density at radius 2 is 2.12 bits per heavy atom. The molecular formula is C10H10ClN5. The van der Waals surface area contributed by atoms with Crippen molar-refractivity contribution in [3.8, 4) is 0 Å². The molecule has 0 unspecified atom stereocenters. The Labute approximate surface area is 97.7 Å². The highest BCUT2D eigenvalue weighted by atomic mass is 35.5. The molecule has 3 N–H and O–H groups in total. The van der Waals surface area contributed by atoms with E-state index in [9.17, 15) is 0 Å². The molecule has 0 aliphatic rings. The van der Waals surface area contributed by atoms with Crippen LogP contribution in [0.1, 0.15) is 5.69 Å². The van der Waals surface area contributed by atoms with Gasteiger partial charge in [0.1, 0.15) is 11.6 Å². The maximum atomic E-state index is 5.83. The van der Waals surface area contributed by atoms with E-state index in [0.29, 0.717) is 22.6 Å². The van der Waals surface area contributed by atoms with Crippen LogP contribution in [0.25, 0.3) is 0 Å². The Morgan fingerprint density at radius 3 is 2.81 bits per heavy atom. The normalized spacial score (nSPS) is 10.1. The summed E-state index contributed by atoms with van der Waals surface area (Å²) in [6.45, 7) is 1.84. The SMILES string of the molecule is Cc1cc(N)nc(Nc2cc(Cl)ccn2)n1. The van der Waals surface area contributed by atoms with Crippen molar-refractivity contribution >= 4 is 29.2 Å². The quantitative estimate of drug-likeness (QED) is 0.834. The summed E-state index contributed by atoms with van der Waals surface area (Å²) in [7, 11) is 0. The average Bonchev–Trinajstić information content (AvgIpc) is 2.15. The minimum absolute atomic E-state index is 0.410. The van der Waals surface area contributed by atoms with Crippen LogP contribution in [0, 0.1) is 6.92 Å². The summed E-state index contributed by atoms with van der Waals surface area (Å²) < 4.78 is 0. The van der Waals surface area contributed by atoms with Gasteiger partial charge in [0.15, 0.2) is 0 Å². The minimum Gasteiger partial charge on any atom is -0.384 e. The fraction of sp³-hybridized carbons (Fsp3) is 0.100. The van der Waals surface area contributed by atoms with E-state index in [4.69, 9.17) is 17.3 Å². The number of anilines is 3. The van der Waals surface area contributed by atoms with E-state index < -0.39 is 0 Å². The third-order valence-corrected chi connectivity index (χ3v) is 2.07. The fourth-order valence-electron chi connectivity index (χ4n) is 1.24. The Hall–Kier alpha value is -1.88. The summed E-state index contributed by atoms with van der Waals surface area (Å²) in [6, 6.07) is 5.07. The second-order valence-corrected chi connectivity index (χ2v) is 3.68. The molecule has 6 heteroatoms. The van der Waals surface area contributed by atoms with E-state index in [1.54, 1.807) is 24.4 Å². The van der Waals surface area contributed by atoms with Crippen molar-refractivity contribution in [2.75, 3.05) is 11.1 Å². The number of nitrogens with zero attached hydrogens (tertiary/aromatic N) is 3. The van der Waals surface area contributed by atoms with Gasteiger partial charge in [-0.05, 0) is 19.1 Å². The third-order valence-electron chi connectivity index (χ3n) is 1.84. The first-order chi connectivity index (χ1) is 7.63. The number of aryl methyl sites for hydroxylation is 1. The molecule has 0 radical (unpaired) electrons. The van der Waals surface area contributed by atoms with Gasteiger partial charge in [0.2, 0.25) is 5.95 Å². The van der Waals surface area contributed by atoms with Crippen LogP contribution < -0.4 is 11.1 Å².